The zero-order valence-electron chi connectivity index (χ0n) is 19.1. The highest BCUT2D eigenvalue weighted by Gasteiger charge is 2.16. The van der Waals surface area contributed by atoms with Gasteiger partial charge in [0.15, 0.2) is 0 Å². The van der Waals surface area contributed by atoms with Gasteiger partial charge in [0.2, 0.25) is 0 Å². The smallest absolute Gasteiger partial charge is 0.269 e. The molecule has 0 radical (unpaired) electrons. The first kappa shape index (κ1) is 22.0. The van der Waals surface area contributed by atoms with Crippen molar-refractivity contribution in [2.24, 2.45) is 0 Å². The third-order valence-corrected chi connectivity index (χ3v) is 6.82. The predicted molar refractivity (Wildman–Crippen MR) is 141 cm³/mol. The van der Waals surface area contributed by atoms with Gasteiger partial charge in [0.1, 0.15) is 0 Å². The fraction of sp³-hybridized carbons (Fsp3) is 0.103. The SMILES string of the molecule is CSc1ccc(-n2c(-c3ccc(C)cc3)cc(=O)n(Cc3cccc4ccccc34)c2=O)cc1. The van der Waals surface area contributed by atoms with Gasteiger partial charge in [-0.3, -0.25) is 13.9 Å². The summed E-state index contributed by atoms with van der Waals surface area (Å²) >= 11 is 1.64. The van der Waals surface area contributed by atoms with Crippen LogP contribution in [0.5, 0.6) is 0 Å². The summed E-state index contributed by atoms with van der Waals surface area (Å²) in [6.45, 7) is 2.22. The van der Waals surface area contributed by atoms with Crippen LogP contribution in [0.3, 0.4) is 0 Å². The summed E-state index contributed by atoms with van der Waals surface area (Å²) in [4.78, 5) is 28.2. The summed E-state index contributed by atoms with van der Waals surface area (Å²) in [7, 11) is 0. The van der Waals surface area contributed by atoms with E-state index in [1.807, 2.05) is 104 Å². The number of aryl methyl sites for hydroxylation is 1. The first-order chi connectivity index (χ1) is 16.5. The normalized spacial score (nSPS) is 11.1. The Balaban J connectivity index is 1.73. The van der Waals surface area contributed by atoms with Gasteiger partial charge in [0, 0.05) is 11.0 Å². The molecule has 5 rings (SSSR count). The zero-order valence-corrected chi connectivity index (χ0v) is 19.9. The first-order valence-corrected chi connectivity index (χ1v) is 12.3. The lowest BCUT2D eigenvalue weighted by Crippen LogP contribution is -2.39. The number of nitrogens with zero attached hydrogens (tertiary/aromatic N) is 2. The van der Waals surface area contributed by atoms with Gasteiger partial charge < -0.3 is 0 Å². The minimum absolute atomic E-state index is 0.204. The van der Waals surface area contributed by atoms with Gasteiger partial charge in [-0.25, -0.2) is 4.79 Å². The Morgan fingerprint density at radius 2 is 1.50 bits per heavy atom. The molecule has 5 aromatic rings. The summed E-state index contributed by atoms with van der Waals surface area (Å²) in [5, 5.41) is 2.12. The van der Waals surface area contributed by atoms with Crippen LogP contribution in [-0.2, 0) is 6.54 Å². The summed E-state index contributed by atoms with van der Waals surface area (Å²) in [6.07, 6.45) is 2.02. The number of aromatic nitrogens is 2. The largest absolute Gasteiger partial charge is 0.336 e. The molecule has 0 aliphatic rings. The van der Waals surface area contributed by atoms with Crippen molar-refractivity contribution in [1.29, 1.82) is 0 Å². The molecule has 1 aromatic heterocycles. The molecule has 0 N–H and O–H groups in total. The monoisotopic (exact) mass is 464 g/mol. The van der Waals surface area contributed by atoms with Crippen molar-refractivity contribution in [3.8, 4) is 16.9 Å². The summed E-state index contributed by atoms with van der Waals surface area (Å²) < 4.78 is 2.96. The number of hydrogen-bond donors (Lipinski definition) is 0. The van der Waals surface area contributed by atoms with Crippen molar-refractivity contribution in [3.05, 3.63) is 129 Å². The van der Waals surface area contributed by atoms with Crippen molar-refractivity contribution in [3.63, 3.8) is 0 Å². The Kier molecular flexibility index (Phi) is 5.95. The van der Waals surface area contributed by atoms with E-state index in [1.54, 1.807) is 22.4 Å². The van der Waals surface area contributed by atoms with Crippen LogP contribution in [0.25, 0.3) is 27.7 Å². The third-order valence-electron chi connectivity index (χ3n) is 6.08. The molecule has 0 amide bonds. The van der Waals surface area contributed by atoms with E-state index in [2.05, 4.69) is 0 Å². The van der Waals surface area contributed by atoms with Crippen molar-refractivity contribution >= 4 is 22.5 Å². The van der Waals surface area contributed by atoms with Gasteiger partial charge in [-0.2, -0.15) is 0 Å². The van der Waals surface area contributed by atoms with Gasteiger partial charge in [-0.05, 0) is 59.3 Å². The maximum Gasteiger partial charge on any atom is 0.336 e. The van der Waals surface area contributed by atoms with Crippen LogP contribution in [0.4, 0.5) is 0 Å². The lowest BCUT2D eigenvalue weighted by atomic mass is 10.0. The molecular formula is C29H24N2O2S. The van der Waals surface area contributed by atoms with E-state index in [1.165, 1.54) is 4.57 Å². The van der Waals surface area contributed by atoms with Gasteiger partial charge >= 0.3 is 5.69 Å². The van der Waals surface area contributed by atoms with E-state index in [-0.39, 0.29) is 17.8 Å². The lowest BCUT2D eigenvalue weighted by molar-refractivity contribution is 0.674. The molecule has 0 fully saturated rings. The maximum atomic E-state index is 13.9. The molecule has 0 aliphatic heterocycles. The fourth-order valence-electron chi connectivity index (χ4n) is 4.24. The second-order valence-corrected chi connectivity index (χ2v) is 9.15. The molecule has 0 saturated carbocycles. The quantitative estimate of drug-likeness (QED) is 0.304. The number of hydrogen-bond acceptors (Lipinski definition) is 3. The summed E-state index contributed by atoms with van der Waals surface area (Å²) in [5.41, 5.74) is 3.52. The highest BCUT2D eigenvalue weighted by Crippen LogP contribution is 2.23. The van der Waals surface area contributed by atoms with E-state index in [4.69, 9.17) is 0 Å². The second-order valence-electron chi connectivity index (χ2n) is 8.27. The fourth-order valence-corrected chi connectivity index (χ4v) is 4.65. The van der Waals surface area contributed by atoms with E-state index < -0.39 is 0 Å². The molecule has 4 nitrogen and oxygen atoms in total. The molecule has 0 aliphatic carbocycles. The van der Waals surface area contributed by atoms with E-state index in [0.29, 0.717) is 5.69 Å². The molecule has 0 bridgehead atoms. The van der Waals surface area contributed by atoms with Crippen LogP contribution in [0, 0.1) is 6.92 Å². The average molecular weight is 465 g/mol. The van der Waals surface area contributed by atoms with Crippen LogP contribution < -0.4 is 11.2 Å². The van der Waals surface area contributed by atoms with Crippen molar-refractivity contribution in [1.82, 2.24) is 9.13 Å². The van der Waals surface area contributed by atoms with Gasteiger partial charge in [0.25, 0.3) is 5.56 Å². The standard InChI is InChI=1S/C29H24N2O2S/c1-20-10-12-22(13-11-20)27-18-28(32)30(19-23-8-5-7-21-6-3-4-9-26(21)23)29(33)31(27)24-14-16-25(34-2)17-15-24/h3-18H,19H2,1-2H3. The van der Waals surface area contributed by atoms with Crippen LogP contribution >= 0.6 is 11.8 Å². The first-order valence-electron chi connectivity index (χ1n) is 11.1. The van der Waals surface area contributed by atoms with Crippen LogP contribution in [0.2, 0.25) is 0 Å². The Morgan fingerprint density at radius 3 is 2.24 bits per heavy atom. The summed E-state index contributed by atoms with van der Waals surface area (Å²) in [6, 6.07) is 31.3. The Hall–Kier alpha value is -3.83. The van der Waals surface area contributed by atoms with Crippen molar-refractivity contribution in [2.45, 2.75) is 18.4 Å². The molecule has 168 valence electrons. The van der Waals surface area contributed by atoms with Gasteiger partial charge in [-0.1, -0.05) is 72.3 Å². The molecule has 4 aromatic carbocycles. The van der Waals surface area contributed by atoms with Crippen LogP contribution in [0.15, 0.2) is 112 Å². The molecule has 0 unspecified atom stereocenters. The molecular weight excluding hydrogens is 440 g/mol. The number of rotatable bonds is 5. The lowest BCUT2D eigenvalue weighted by Gasteiger charge is -2.17. The number of fused-ring (bicyclic) bond motifs is 1. The molecule has 5 heteroatoms. The topological polar surface area (TPSA) is 44.0 Å². The third kappa shape index (κ3) is 4.11. The number of thioether (sulfide) groups is 1. The van der Waals surface area contributed by atoms with E-state index in [0.717, 1.165) is 38.0 Å². The zero-order chi connectivity index (χ0) is 23.7. The van der Waals surface area contributed by atoms with Crippen molar-refractivity contribution < 1.29 is 0 Å². The van der Waals surface area contributed by atoms with Crippen LogP contribution in [0.1, 0.15) is 11.1 Å². The average Bonchev–Trinajstić information content (AvgIpc) is 2.87. The predicted octanol–water partition coefficient (Wildman–Crippen LogP) is 5.90. The number of benzene rings is 4. The van der Waals surface area contributed by atoms with E-state index >= 15 is 0 Å². The summed E-state index contributed by atoms with van der Waals surface area (Å²) in [5.74, 6) is 0. The Bertz CT molecular complexity index is 1590. The van der Waals surface area contributed by atoms with E-state index in [9.17, 15) is 9.59 Å². The van der Waals surface area contributed by atoms with Crippen molar-refractivity contribution in [2.75, 3.05) is 6.26 Å². The Labute approximate surface area is 202 Å². The second kappa shape index (κ2) is 9.20. The molecule has 34 heavy (non-hydrogen) atoms. The van der Waals surface area contributed by atoms with Gasteiger partial charge in [0.05, 0.1) is 17.9 Å². The van der Waals surface area contributed by atoms with Gasteiger partial charge in [-0.15, -0.1) is 11.8 Å². The van der Waals surface area contributed by atoms with Crippen LogP contribution in [-0.4, -0.2) is 15.4 Å². The molecule has 0 spiro atoms. The minimum Gasteiger partial charge on any atom is -0.269 e. The highest BCUT2D eigenvalue weighted by molar-refractivity contribution is 7.98. The maximum absolute atomic E-state index is 13.9. The molecule has 0 saturated heterocycles. The highest BCUT2D eigenvalue weighted by atomic mass is 32.2. The minimum atomic E-state index is -0.354. The molecule has 1 heterocycles. The molecule has 0 atom stereocenters. The Morgan fingerprint density at radius 1 is 0.794 bits per heavy atom.